The molecule has 2 aromatic carbocycles. The smallest absolute Gasteiger partial charge is 0.306 e. The Kier molecular flexibility index (Phi) is 4.90. The van der Waals surface area contributed by atoms with Gasteiger partial charge in [0.05, 0.1) is 17.7 Å². The van der Waals surface area contributed by atoms with Crippen LogP contribution in [-0.2, 0) is 4.79 Å². The minimum atomic E-state index is -0.676. The molecule has 0 spiro atoms. The van der Waals surface area contributed by atoms with E-state index in [1.54, 1.807) is 0 Å². The van der Waals surface area contributed by atoms with Gasteiger partial charge in [-0.15, -0.1) is 0 Å². The molecule has 1 aliphatic rings. The van der Waals surface area contributed by atoms with Crippen molar-refractivity contribution in [3.63, 3.8) is 0 Å². The number of carboxylic acid groups (broad SMARTS) is 1. The largest absolute Gasteiger partial charge is 0.481 e. The van der Waals surface area contributed by atoms with Crippen molar-refractivity contribution in [1.82, 2.24) is 9.88 Å². The van der Waals surface area contributed by atoms with Gasteiger partial charge < -0.3 is 5.11 Å². The highest BCUT2D eigenvalue weighted by atomic mass is 16.4. The summed E-state index contributed by atoms with van der Waals surface area (Å²) in [6.45, 7) is 3.58. The average molecular weight is 360 g/mol. The maximum Gasteiger partial charge on any atom is 0.306 e. The summed E-state index contributed by atoms with van der Waals surface area (Å²) in [6, 6.07) is 19.2. The van der Waals surface area contributed by atoms with Gasteiger partial charge in [-0.2, -0.15) is 0 Å². The number of fused-ring (bicyclic) bond motifs is 1. The van der Waals surface area contributed by atoms with Crippen LogP contribution < -0.4 is 0 Å². The van der Waals surface area contributed by atoms with Gasteiger partial charge in [-0.25, -0.2) is 0 Å². The summed E-state index contributed by atoms with van der Waals surface area (Å²) in [5.74, 6) is -0.908. The van der Waals surface area contributed by atoms with Gasteiger partial charge in [0.2, 0.25) is 0 Å². The van der Waals surface area contributed by atoms with E-state index in [0.717, 1.165) is 24.3 Å². The van der Waals surface area contributed by atoms with Crippen molar-refractivity contribution in [2.24, 2.45) is 5.92 Å². The topological polar surface area (TPSA) is 53.4 Å². The Morgan fingerprint density at radius 1 is 1.07 bits per heavy atom. The highest BCUT2D eigenvalue weighted by Crippen LogP contribution is 2.33. The fraction of sp³-hybridized carbons (Fsp3) is 0.304. The number of carbonyl (C=O) groups is 1. The zero-order valence-electron chi connectivity index (χ0n) is 15.5. The molecule has 4 rings (SSSR count). The third-order valence-electron chi connectivity index (χ3n) is 5.55. The third-order valence-corrected chi connectivity index (χ3v) is 5.55. The number of hydrogen-bond donors (Lipinski definition) is 1. The number of aryl methyl sites for hydroxylation is 1. The van der Waals surface area contributed by atoms with E-state index in [0.29, 0.717) is 12.8 Å². The van der Waals surface area contributed by atoms with E-state index in [1.807, 2.05) is 13.1 Å². The van der Waals surface area contributed by atoms with E-state index >= 15 is 0 Å². The van der Waals surface area contributed by atoms with Gasteiger partial charge in [0.1, 0.15) is 0 Å². The zero-order chi connectivity index (χ0) is 18.8. The van der Waals surface area contributed by atoms with Crippen LogP contribution in [0.25, 0.3) is 10.8 Å². The summed E-state index contributed by atoms with van der Waals surface area (Å²) in [5, 5.41) is 11.8. The van der Waals surface area contributed by atoms with Crippen molar-refractivity contribution in [3.8, 4) is 0 Å². The molecule has 27 heavy (non-hydrogen) atoms. The van der Waals surface area contributed by atoms with Crippen LogP contribution in [0.1, 0.15) is 35.7 Å². The molecule has 3 aromatic rings. The summed E-state index contributed by atoms with van der Waals surface area (Å²) < 4.78 is 0. The van der Waals surface area contributed by atoms with Crippen LogP contribution in [-0.4, -0.2) is 34.0 Å². The quantitative estimate of drug-likeness (QED) is 0.748. The van der Waals surface area contributed by atoms with Crippen molar-refractivity contribution >= 4 is 16.7 Å². The second-order valence-corrected chi connectivity index (χ2v) is 7.42. The highest BCUT2D eigenvalue weighted by molar-refractivity contribution is 5.83. The van der Waals surface area contributed by atoms with Crippen molar-refractivity contribution < 1.29 is 9.90 Å². The molecule has 1 unspecified atom stereocenters. The van der Waals surface area contributed by atoms with Gasteiger partial charge >= 0.3 is 5.97 Å². The minimum Gasteiger partial charge on any atom is -0.481 e. The number of aromatic nitrogens is 1. The zero-order valence-corrected chi connectivity index (χ0v) is 15.5. The molecular formula is C23H24N2O2. The first-order valence-corrected chi connectivity index (χ1v) is 9.50. The lowest BCUT2D eigenvalue weighted by molar-refractivity contribution is -0.143. The molecule has 0 amide bonds. The van der Waals surface area contributed by atoms with Gasteiger partial charge in [-0.05, 0) is 66.9 Å². The summed E-state index contributed by atoms with van der Waals surface area (Å²) in [4.78, 5) is 18.4. The lowest BCUT2D eigenvalue weighted by atomic mass is 9.92. The van der Waals surface area contributed by atoms with E-state index in [4.69, 9.17) is 4.98 Å². The van der Waals surface area contributed by atoms with E-state index < -0.39 is 5.97 Å². The van der Waals surface area contributed by atoms with Crippen LogP contribution >= 0.6 is 0 Å². The third kappa shape index (κ3) is 3.71. The predicted molar refractivity (Wildman–Crippen MR) is 107 cm³/mol. The van der Waals surface area contributed by atoms with E-state index in [2.05, 4.69) is 59.5 Å². The van der Waals surface area contributed by atoms with Crippen molar-refractivity contribution in [2.75, 3.05) is 13.1 Å². The van der Waals surface area contributed by atoms with Gasteiger partial charge in [0.25, 0.3) is 0 Å². The van der Waals surface area contributed by atoms with Crippen LogP contribution in [0.4, 0.5) is 0 Å². The van der Waals surface area contributed by atoms with Gasteiger partial charge in [0, 0.05) is 6.20 Å². The number of piperidine rings is 1. The first-order valence-electron chi connectivity index (χ1n) is 9.50. The van der Waals surface area contributed by atoms with Crippen molar-refractivity contribution in [3.05, 3.63) is 77.6 Å². The maximum atomic E-state index is 11.3. The summed E-state index contributed by atoms with van der Waals surface area (Å²) >= 11 is 0. The molecule has 138 valence electrons. The van der Waals surface area contributed by atoms with Gasteiger partial charge in [-0.1, -0.05) is 42.5 Å². The Morgan fingerprint density at radius 2 is 1.81 bits per heavy atom. The molecule has 1 saturated heterocycles. The molecule has 2 heterocycles. The molecule has 1 atom stereocenters. The number of hydrogen-bond acceptors (Lipinski definition) is 3. The van der Waals surface area contributed by atoms with Crippen molar-refractivity contribution in [1.29, 1.82) is 0 Å². The van der Waals surface area contributed by atoms with Gasteiger partial charge in [0.15, 0.2) is 0 Å². The molecule has 1 aliphatic heterocycles. The van der Waals surface area contributed by atoms with Crippen LogP contribution in [0.15, 0.2) is 60.8 Å². The monoisotopic (exact) mass is 360 g/mol. The maximum absolute atomic E-state index is 11.3. The molecule has 1 fully saturated rings. The predicted octanol–water partition coefficient (Wildman–Crippen LogP) is 4.43. The molecule has 4 nitrogen and oxygen atoms in total. The standard InChI is InChI=1S/C23H24N2O2/c1-16-6-9-21(24-15-16)22(25-12-10-18(11-13-25)23(26)27)20-8-7-17-4-2-3-5-19(17)14-20/h2-9,14-15,18,22H,10-13H2,1H3,(H,26,27). The van der Waals surface area contributed by atoms with E-state index in [1.165, 1.54) is 16.3 Å². The number of likely N-dealkylation sites (tertiary alicyclic amines) is 1. The molecule has 1 aromatic heterocycles. The molecule has 0 saturated carbocycles. The molecule has 4 heteroatoms. The first kappa shape index (κ1) is 17.7. The number of benzene rings is 2. The summed E-state index contributed by atoms with van der Waals surface area (Å²) in [5.41, 5.74) is 3.36. The average Bonchev–Trinajstić information content (AvgIpc) is 2.70. The Hall–Kier alpha value is -2.72. The highest BCUT2D eigenvalue weighted by Gasteiger charge is 2.30. The second-order valence-electron chi connectivity index (χ2n) is 7.42. The Morgan fingerprint density at radius 3 is 2.48 bits per heavy atom. The number of aliphatic carboxylic acids is 1. The SMILES string of the molecule is Cc1ccc(C(c2ccc3ccccc3c2)N2CCC(C(=O)O)CC2)nc1. The van der Waals surface area contributed by atoms with Crippen molar-refractivity contribution in [2.45, 2.75) is 25.8 Å². The molecule has 0 radical (unpaired) electrons. The first-order chi connectivity index (χ1) is 13.1. The van der Waals surface area contributed by atoms with Crippen LogP contribution in [0.5, 0.6) is 0 Å². The normalized spacial score (nSPS) is 17.1. The Labute approximate surface area is 159 Å². The molecule has 1 N–H and O–H groups in total. The fourth-order valence-electron chi connectivity index (χ4n) is 3.99. The van der Waals surface area contributed by atoms with Crippen LogP contribution in [0, 0.1) is 12.8 Å². The Bertz CT molecular complexity index is 944. The fourth-order valence-corrected chi connectivity index (χ4v) is 3.99. The molecule has 0 bridgehead atoms. The lowest BCUT2D eigenvalue weighted by Crippen LogP contribution is -2.39. The van der Waals surface area contributed by atoms with Crippen LogP contribution in [0.2, 0.25) is 0 Å². The summed E-state index contributed by atoms with van der Waals surface area (Å²) in [6.07, 6.45) is 3.28. The molecule has 0 aliphatic carbocycles. The van der Waals surface area contributed by atoms with E-state index in [-0.39, 0.29) is 12.0 Å². The number of pyridine rings is 1. The second kappa shape index (κ2) is 7.49. The van der Waals surface area contributed by atoms with Gasteiger partial charge in [-0.3, -0.25) is 14.7 Å². The minimum absolute atomic E-state index is 0.0463. The number of carboxylic acids is 1. The molecular weight excluding hydrogens is 336 g/mol. The van der Waals surface area contributed by atoms with Crippen LogP contribution in [0.3, 0.4) is 0 Å². The number of rotatable bonds is 4. The Balaban J connectivity index is 1.71. The number of nitrogens with zero attached hydrogens (tertiary/aromatic N) is 2. The van der Waals surface area contributed by atoms with E-state index in [9.17, 15) is 9.90 Å². The summed E-state index contributed by atoms with van der Waals surface area (Å²) in [7, 11) is 0. The lowest BCUT2D eigenvalue weighted by Gasteiger charge is -2.36.